The number of thioether (sulfide) groups is 1. The number of rotatable bonds is 7. The fourth-order valence-electron chi connectivity index (χ4n) is 4.47. The second-order valence-electron chi connectivity index (χ2n) is 8.78. The maximum absolute atomic E-state index is 13.9. The average molecular weight is 512 g/mol. The molecule has 1 aliphatic rings. The third-order valence-corrected chi connectivity index (χ3v) is 9.84. The van der Waals surface area contributed by atoms with E-state index in [9.17, 15) is 18.3 Å². The lowest BCUT2D eigenvalue weighted by atomic mass is 9.90. The smallest absolute Gasteiger partial charge is 0.308 e. The lowest BCUT2D eigenvalue weighted by Gasteiger charge is -2.42. The third kappa shape index (κ3) is 5.39. The normalized spacial score (nSPS) is 20.9. The van der Waals surface area contributed by atoms with Crippen molar-refractivity contribution in [2.75, 3.05) is 13.7 Å². The van der Waals surface area contributed by atoms with Crippen LogP contribution < -0.4 is 4.74 Å². The van der Waals surface area contributed by atoms with E-state index in [0.29, 0.717) is 17.7 Å². The summed E-state index contributed by atoms with van der Waals surface area (Å²) in [6.45, 7) is 3.65. The standard InChI is InChI=1S/C27H29NO5S2/c1-18-8-14-22(15-9-18)34-25-16-24(20-10-12-21(33-3)13-11-20)28(17-23(25)27(29)30)35(31,32)26-7-5-4-6-19(26)2/h4-15,23-25H,16-17H2,1-3H3,(H,29,30)/t23-,24+,25-/m1/s1. The van der Waals surface area contributed by atoms with E-state index in [1.165, 1.54) is 16.1 Å². The van der Waals surface area contributed by atoms with Crippen LogP contribution in [-0.2, 0) is 14.8 Å². The molecule has 0 aromatic heterocycles. The first-order valence-electron chi connectivity index (χ1n) is 11.4. The summed E-state index contributed by atoms with van der Waals surface area (Å²) in [5.74, 6) is -1.17. The maximum atomic E-state index is 13.9. The second kappa shape index (κ2) is 10.4. The predicted octanol–water partition coefficient (Wildman–Crippen LogP) is 5.31. The average Bonchev–Trinajstić information content (AvgIpc) is 2.85. The van der Waals surface area contributed by atoms with Crippen LogP contribution in [0.15, 0.2) is 82.6 Å². The van der Waals surface area contributed by atoms with E-state index < -0.39 is 28.0 Å². The zero-order chi connectivity index (χ0) is 25.2. The van der Waals surface area contributed by atoms with Gasteiger partial charge < -0.3 is 9.84 Å². The van der Waals surface area contributed by atoms with Gasteiger partial charge in [0.05, 0.1) is 24.0 Å². The van der Waals surface area contributed by atoms with E-state index in [4.69, 9.17) is 4.74 Å². The molecule has 3 atom stereocenters. The number of carbonyl (C=O) groups is 1. The molecule has 1 heterocycles. The van der Waals surface area contributed by atoms with Gasteiger partial charge in [-0.2, -0.15) is 4.31 Å². The second-order valence-corrected chi connectivity index (χ2v) is 12.0. The van der Waals surface area contributed by atoms with Crippen LogP contribution in [0.1, 0.15) is 29.2 Å². The first-order valence-corrected chi connectivity index (χ1v) is 13.7. The number of nitrogens with zero attached hydrogens (tertiary/aromatic N) is 1. The van der Waals surface area contributed by atoms with Gasteiger partial charge in [0, 0.05) is 16.7 Å². The first kappa shape index (κ1) is 25.3. The molecule has 0 unspecified atom stereocenters. The zero-order valence-corrected chi connectivity index (χ0v) is 21.6. The van der Waals surface area contributed by atoms with Crippen LogP contribution in [0.4, 0.5) is 0 Å². The number of benzene rings is 3. The van der Waals surface area contributed by atoms with Gasteiger partial charge in [0.2, 0.25) is 10.0 Å². The summed E-state index contributed by atoms with van der Waals surface area (Å²) in [7, 11) is -2.36. The molecule has 1 saturated heterocycles. The Morgan fingerprint density at radius 3 is 2.26 bits per heavy atom. The van der Waals surface area contributed by atoms with Gasteiger partial charge >= 0.3 is 5.97 Å². The summed E-state index contributed by atoms with van der Waals surface area (Å²) in [6, 6.07) is 21.6. The molecule has 4 rings (SSSR count). The minimum absolute atomic E-state index is 0.105. The number of hydrogen-bond acceptors (Lipinski definition) is 5. The molecular formula is C27H29NO5S2. The van der Waals surface area contributed by atoms with Gasteiger partial charge in [-0.05, 0) is 61.7 Å². The Labute approximate surface area is 211 Å². The quantitative estimate of drug-likeness (QED) is 0.463. The summed E-state index contributed by atoms with van der Waals surface area (Å²) in [6.07, 6.45) is 0.368. The predicted molar refractivity (Wildman–Crippen MR) is 137 cm³/mol. The highest BCUT2D eigenvalue weighted by atomic mass is 32.2. The molecule has 3 aromatic rings. The van der Waals surface area contributed by atoms with Gasteiger partial charge in [0.15, 0.2) is 0 Å². The van der Waals surface area contributed by atoms with E-state index in [1.54, 1.807) is 50.4 Å². The third-order valence-electron chi connectivity index (χ3n) is 6.44. The monoisotopic (exact) mass is 511 g/mol. The zero-order valence-electron chi connectivity index (χ0n) is 19.9. The van der Waals surface area contributed by atoms with E-state index >= 15 is 0 Å². The minimum Gasteiger partial charge on any atom is -0.497 e. The van der Waals surface area contributed by atoms with E-state index in [-0.39, 0.29) is 16.7 Å². The number of aryl methyl sites for hydroxylation is 2. The van der Waals surface area contributed by atoms with Crippen molar-refractivity contribution >= 4 is 27.8 Å². The maximum Gasteiger partial charge on any atom is 0.308 e. The van der Waals surface area contributed by atoms with Crippen molar-refractivity contribution in [2.45, 2.75) is 41.4 Å². The molecule has 6 nitrogen and oxygen atoms in total. The number of piperidine rings is 1. The molecule has 1 aliphatic heterocycles. The number of hydrogen-bond donors (Lipinski definition) is 1. The highest BCUT2D eigenvalue weighted by molar-refractivity contribution is 8.00. The molecule has 0 radical (unpaired) electrons. The lowest BCUT2D eigenvalue weighted by Crippen LogP contribution is -2.49. The fraction of sp³-hybridized carbons (Fsp3) is 0.296. The molecule has 8 heteroatoms. The summed E-state index contributed by atoms with van der Waals surface area (Å²) in [5, 5.41) is 9.81. The molecular weight excluding hydrogens is 482 g/mol. The van der Waals surface area contributed by atoms with Gasteiger partial charge in [-0.15, -0.1) is 11.8 Å². The summed E-state index contributed by atoms with van der Waals surface area (Å²) in [4.78, 5) is 13.5. The van der Waals surface area contributed by atoms with Crippen molar-refractivity contribution in [2.24, 2.45) is 5.92 Å². The number of sulfonamides is 1. The van der Waals surface area contributed by atoms with E-state index in [0.717, 1.165) is 16.0 Å². The SMILES string of the molecule is COc1ccc([C@@H]2C[C@@H](Sc3ccc(C)cc3)[C@H](C(=O)O)CN2S(=O)(=O)c2ccccc2C)cc1. The molecule has 0 aliphatic carbocycles. The van der Waals surface area contributed by atoms with Gasteiger partial charge in [-0.3, -0.25) is 4.79 Å². The topological polar surface area (TPSA) is 83.9 Å². The lowest BCUT2D eigenvalue weighted by molar-refractivity contribution is -0.143. The number of ether oxygens (including phenoxy) is 1. The first-order chi connectivity index (χ1) is 16.7. The Morgan fingerprint density at radius 1 is 1.00 bits per heavy atom. The van der Waals surface area contributed by atoms with Gasteiger partial charge in [0.25, 0.3) is 0 Å². The molecule has 0 amide bonds. The Balaban J connectivity index is 1.77. The van der Waals surface area contributed by atoms with Crippen LogP contribution in [0.3, 0.4) is 0 Å². The van der Waals surface area contributed by atoms with Crippen molar-refractivity contribution in [1.82, 2.24) is 4.31 Å². The number of carboxylic acid groups (broad SMARTS) is 1. The number of carboxylic acids is 1. The highest BCUT2D eigenvalue weighted by Crippen LogP contribution is 2.44. The van der Waals surface area contributed by atoms with Crippen LogP contribution in [0.25, 0.3) is 0 Å². The highest BCUT2D eigenvalue weighted by Gasteiger charge is 2.45. The Morgan fingerprint density at radius 2 is 1.66 bits per heavy atom. The van der Waals surface area contributed by atoms with E-state index in [1.807, 2.05) is 43.3 Å². The fourth-order valence-corrected chi connectivity index (χ4v) is 7.63. The minimum atomic E-state index is -3.94. The van der Waals surface area contributed by atoms with Crippen molar-refractivity contribution < 1.29 is 23.1 Å². The molecule has 1 N–H and O–H groups in total. The van der Waals surface area contributed by atoms with Crippen molar-refractivity contribution in [3.05, 3.63) is 89.5 Å². The summed E-state index contributed by atoms with van der Waals surface area (Å²) >= 11 is 1.50. The Kier molecular flexibility index (Phi) is 7.54. The van der Waals surface area contributed by atoms with Gasteiger partial charge in [0.1, 0.15) is 5.75 Å². The van der Waals surface area contributed by atoms with Crippen LogP contribution in [0.2, 0.25) is 0 Å². The molecule has 1 fully saturated rings. The molecule has 3 aromatic carbocycles. The summed E-state index contributed by atoms with van der Waals surface area (Å²) < 4.78 is 34.4. The number of aliphatic carboxylic acids is 1. The summed E-state index contributed by atoms with van der Waals surface area (Å²) in [5.41, 5.74) is 2.56. The van der Waals surface area contributed by atoms with Crippen molar-refractivity contribution in [3.8, 4) is 5.75 Å². The van der Waals surface area contributed by atoms with Crippen LogP contribution in [0.5, 0.6) is 5.75 Å². The van der Waals surface area contributed by atoms with E-state index in [2.05, 4.69) is 0 Å². The van der Waals surface area contributed by atoms with Crippen LogP contribution >= 0.6 is 11.8 Å². The molecule has 184 valence electrons. The van der Waals surface area contributed by atoms with Crippen molar-refractivity contribution in [3.63, 3.8) is 0 Å². The van der Waals surface area contributed by atoms with Gasteiger partial charge in [-0.25, -0.2) is 8.42 Å². The molecule has 0 bridgehead atoms. The van der Waals surface area contributed by atoms with Crippen LogP contribution in [0, 0.1) is 19.8 Å². The van der Waals surface area contributed by atoms with Crippen molar-refractivity contribution in [1.29, 1.82) is 0 Å². The molecule has 0 spiro atoms. The number of methoxy groups -OCH3 is 1. The Hall–Kier alpha value is -2.81. The Bertz CT molecular complexity index is 1290. The largest absolute Gasteiger partial charge is 0.497 e. The molecule has 0 saturated carbocycles. The van der Waals surface area contributed by atoms with Gasteiger partial charge in [-0.1, -0.05) is 48.0 Å². The molecule has 35 heavy (non-hydrogen) atoms. The van der Waals surface area contributed by atoms with Crippen LogP contribution in [-0.4, -0.2) is 42.7 Å².